The number of carbonyl (C=O) groups is 2. The summed E-state index contributed by atoms with van der Waals surface area (Å²) in [5, 5.41) is 9.33. The number of ether oxygens (including phenoxy) is 1. The van der Waals surface area contributed by atoms with Crippen LogP contribution in [0.1, 0.15) is 43.6 Å². The molecule has 0 spiro atoms. The molecule has 1 rings (SSSR count). The van der Waals surface area contributed by atoms with Gasteiger partial charge < -0.3 is 9.84 Å². The SMILES string of the molecule is CCOc1ccc(C=O)cc1CN(C(=O)O)C(C)(C)C. The summed E-state index contributed by atoms with van der Waals surface area (Å²) in [5.41, 5.74) is 0.656. The quantitative estimate of drug-likeness (QED) is 0.841. The Morgan fingerprint density at radius 2 is 2.05 bits per heavy atom. The van der Waals surface area contributed by atoms with Crippen molar-refractivity contribution in [3.05, 3.63) is 29.3 Å². The maximum atomic E-state index is 11.4. The second-order valence-electron chi connectivity index (χ2n) is 5.46. The molecule has 1 aromatic carbocycles. The first-order valence-electron chi connectivity index (χ1n) is 6.51. The van der Waals surface area contributed by atoms with E-state index >= 15 is 0 Å². The van der Waals surface area contributed by atoms with E-state index in [0.717, 1.165) is 6.29 Å². The smallest absolute Gasteiger partial charge is 0.408 e. The molecule has 20 heavy (non-hydrogen) atoms. The standard InChI is InChI=1S/C15H21NO4/c1-5-20-13-7-6-11(10-17)8-12(13)9-16(14(18)19)15(2,3)4/h6-8,10H,5,9H2,1-4H3,(H,18,19). The van der Waals surface area contributed by atoms with Gasteiger partial charge in [-0.05, 0) is 45.9 Å². The molecule has 0 aromatic heterocycles. The Balaban J connectivity index is 3.15. The van der Waals surface area contributed by atoms with Crippen LogP contribution in [0.5, 0.6) is 5.75 Å². The van der Waals surface area contributed by atoms with Crippen LogP contribution in [0.15, 0.2) is 18.2 Å². The zero-order valence-corrected chi connectivity index (χ0v) is 12.3. The van der Waals surface area contributed by atoms with E-state index in [2.05, 4.69) is 0 Å². The fourth-order valence-corrected chi connectivity index (χ4v) is 1.85. The highest BCUT2D eigenvalue weighted by atomic mass is 16.5. The minimum atomic E-state index is -1.00. The summed E-state index contributed by atoms with van der Waals surface area (Å²) < 4.78 is 5.49. The average Bonchev–Trinajstić information content (AvgIpc) is 2.35. The van der Waals surface area contributed by atoms with Crippen LogP contribution in [0.2, 0.25) is 0 Å². The third kappa shape index (κ3) is 3.98. The number of carboxylic acid groups (broad SMARTS) is 1. The lowest BCUT2D eigenvalue weighted by Crippen LogP contribution is -2.44. The summed E-state index contributed by atoms with van der Waals surface area (Å²) in [5.74, 6) is 0.605. The van der Waals surface area contributed by atoms with Crippen LogP contribution in [0.25, 0.3) is 0 Å². The minimum Gasteiger partial charge on any atom is -0.494 e. The van der Waals surface area contributed by atoms with Crippen molar-refractivity contribution in [2.75, 3.05) is 6.61 Å². The van der Waals surface area contributed by atoms with Gasteiger partial charge in [0.05, 0.1) is 13.2 Å². The molecule has 0 fully saturated rings. The Hall–Kier alpha value is -2.04. The molecule has 0 bridgehead atoms. The van der Waals surface area contributed by atoms with E-state index in [1.807, 2.05) is 27.7 Å². The first-order valence-corrected chi connectivity index (χ1v) is 6.51. The van der Waals surface area contributed by atoms with Crippen molar-refractivity contribution in [2.45, 2.75) is 39.8 Å². The van der Waals surface area contributed by atoms with Gasteiger partial charge in [0.15, 0.2) is 0 Å². The summed E-state index contributed by atoms with van der Waals surface area (Å²) in [6.45, 7) is 7.99. The Bertz CT molecular complexity index is 491. The lowest BCUT2D eigenvalue weighted by molar-refractivity contribution is 0.0949. The number of aldehydes is 1. The average molecular weight is 279 g/mol. The van der Waals surface area contributed by atoms with Crippen molar-refractivity contribution in [1.82, 2.24) is 4.90 Å². The highest BCUT2D eigenvalue weighted by Crippen LogP contribution is 2.25. The molecule has 0 atom stereocenters. The van der Waals surface area contributed by atoms with E-state index in [1.54, 1.807) is 18.2 Å². The largest absolute Gasteiger partial charge is 0.494 e. The number of rotatable bonds is 5. The lowest BCUT2D eigenvalue weighted by atomic mass is 10.0. The van der Waals surface area contributed by atoms with Gasteiger partial charge >= 0.3 is 6.09 Å². The summed E-state index contributed by atoms with van der Waals surface area (Å²) in [7, 11) is 0. The Kier molecular flexibility index (Phi) is 5.13. The molecule has 1 N–H and O–H groups in total. The van der Waals surface area contributed by atoms with Gasteiger partial charge in [0, 0.05) is 16.7 Å². The predicted molar refractivity (Wildman–Crippen MR) is 76.3 cm³/mol. The first-order chi connectivity index (χ1) is 9.29. The monoisotopic (exact) mass is 279 g/mol. The van der Waals surface area contributed by atoms with Crippen molar-refractivity contribution in [1.29, 1.82) is 0 Å². The molecule has 0 aliphatic rings. The van der Waals surface area contributed by atoms with Gasteiger partial charge in [0.1, 0.15) is 12.0 Å². The molecule has 110 valence electrons. The third-order valence-electron chi connectivity index (χ3n) is 2.89. The molecule has 5 heteroatoms. The first kappa shape index (κ1) is 16.0. The van der Waals surface area contributed by atoms with E-state index in [-0.39, 0.29) is 6.54 Å². The number of benzene rings is 1. The molecular formula is C15H21NO4. The van der Waals surface area contributed by atoms with Crippen LogP contribution in [0.3, 0.4) is 0 Å². The van der Waals surface area contributed by atoms with Gasteiger partial charge in [-0.15, -0.1) is 0 Å². The highest BCUT2D eigenvalue weighted by molar-refractivity contribution is 5.76. The van der Waals surface area contributed by atoms with Crippen molar-refractivity contribution in [3.8, 4) is 5.75 Å². The highest BCUT2D eigenvalue weighted by Gasteiger charge is 2.27. The fraction of sp³-hybridized carbons (Fsp3) is 0.467. The second-order valence-corrected chi connectivity index (χ2v) is 5.46. The Labute approximate surface area is 119 Å². The number of nitrogens with zero attached hydrogens (tertiary/aromatic N) is 1. The molecule has 5 nitrogen and oxygen atoms in total. The lowest BCUT2D eigenvalue weighted by Gasteiger charge is -2.33. The van der Waals surface area contributed by atoms with Crippen molar-refractivity contribution < 1.29 is 19.4 Å². The van der Waals surface area contributed by atoms with Crippen molar-refractivity contribution >= 4 is 12.4 Å². The van der Waals surface area contributed by atoms with E-state index in [4.69, 9.17) is 4.74 Å². The summed E-state index contributed by atoms with van der Waals surface area (Å²) in [4.78, 5) is 23.6. The molecule has 0 saturated heterocycles. The zero-order valence-electron chi connectivity index (χ0n) is 12.3. The Morgan fingerprint density at radius 1 is 1.40 bits per heavy atom. The minimum absolute atomic E-state index is 0.176. The fourth-order valence-electron chi connectivity index (χ4n) is 1.85. The molecule has 0 aliphatic heterocycles. The van der Waals surface area contributed by atoms with Crippen LogP contribution >= 0.6 is 0 Å². The molecule has 0 aliphatic carbocycles. The molecule has 1 aromatic rings. The number of hydrogen-bond donors (Lipinski definition) is 1. The van der Waals surface area contributed by atoms with Crippen LogP contribution in [0, 0.1) is 0 Å². The summed E-state index contributed by atoms with van der Waals surface area (Å²) >= 11 is 0. The van der Waals surface area contributed by atoms with Gasteiger partial charge in [-0.3, -0.25) is 9.69 Å². The van der Waals surface area contributed by atoms with Crippen molar-refractivity contribution in [3.63, 3.8) is 0 Å². The van der Waals surface area contributed by atoms with Crippen LogP contribution < -0.4 is 4.74 Å². The zero-order chi connectivity index (χ0) is 15.3. The molecule has 0 saturated carbocycles. The summed E-state index contributed by atoms with van der Waals surface area (Å²) in [6.07, 6.45) is -0.266. The Morgan fingerprint density at radius 3 is 2.50 bits per heavy atom. The van der Waals surface area contributed by atoms with E-state index in [9.17, 15) is 14.7 Å². The number of amides is 1. The van der Waals surface area contributed by atoms with Crippen molar-refractivity contribution in [2.24, 2.45) is 0 Å². The van der Waals surface area contributed by atoms with E-state index in [1.165, 1.54) is 4.90 Å². The third-order valence-corrected chi connectivity index (χ3v) is 2.89. The topological polar surface area (TPSA) is 66.8 Å². The van der Waals surface area contributed by atoms with Crippen LogP contribution in [-0.4, -0.2) is 34.5 Å². The predicted octanol–water partition coefficient (Wildman–Crippen LogP) is 3.18. The van der Waals surface area contributed by atoms with E-state index in [0.29, 0.717) is 23.5 Å². The van der Waals surface area contributed by atoms with Gasteiger partial charge in [0.2, 0.25) is 0 Å². The van der Waals surface area contributed by atoms with Gasteiger partial charge in [-0.25, -0.2) is 4.79 Å². The molecule has 0 unspecified atom stereocenters. The van der Waals surface area contributed by atoms with Crippen LogP contribution in [0.4, 0.5) is 4.79 Å². The van der Waals surface area contributed by atoms with Crippen LogP contribution in [-0.2, 0) is 6.54 Å². The number of carbonyl (C=O) groups excluding carboxylic acids is 1. The van der Waals surface area contributed by atoms with Gasteiger partial charge in [0.25, 0.3) is 0 Å². The second kappa shape index (κ2) is 6.41. The van der Waals surface area contributed by atoms with Gasteiger partial charge in [-0.1, -0.05) is 0 Å². The van der Waals surface area contributed by atoms with Gasteiger partial charge in [-0.2, -0.15) is 0 Å². The number of hydrogen-bond acceptors (Lipinski definition) is 3. The maximum Gasteiger partial charge on any atom is 0.408 e. The summed E-state index contributed by atoms with van der Waals surface area (Å²) in [6, 6.07) is 5.02. The molecular weight excluding hydrogens is 258 g/mol. The molecule has 0 heterocycles. The molecule has 0 radical (unpaired) electrons. The maximum absolute atomic E-state index is 11.4. The van der Waals surface area contributed by atoms with E-state index < -0.39 is 11.6 Å². The normalized spacial score (nSPS) is 11.0. The molecule has 1 amide bonds.